The monoisotopic (exact) mass is 450 g/mol. The van der Waals surface area contributed by atoms with Crippen molar-refractivity contribution in [1.29, 1.82) is 0 Å². The van der Waals surface area contributed by atoms with Crippen LogP contribution < -0.4 is 0 Å². The second-order valence-electron chi connectivity index (χ2n) is 11.7. The molecule has 2 saturated carbocycles. The Kier molecular flexibility index (Phi) is 8.49. The quantitative estimate of drug-likeness (QED) is 0.387. The first-order valence-electron chi connectivity index (χ1n) is 13.9. The van der Waals surface area contributed by atoms with Gasteiger partial charge in [-0.15, -0.1) is 0 Å². The summed E-state index contributed by atoms with van der Waals surface area (Å²) in [6.45, 7) is 6.95. The van der Waals surface area contributed by atoms with E-state index in [2.05, 4.69) is 57.2 Å². The summed E-state index contributed by atoms with van der Waals surface area (Å²) in [5, 5.41) is 10.8. The Labute approximate surface area is 202 Å². The van der Waals surface area contributed by atoms with Crippen LogP contribution in [-0.4, -0.2) is 17.0 Å². The lowest BCUT2D eigenvalue weighted by Crippen LogP contribution is -2.30. The summed E-state index contributed by atoms with van der Waals surface area (Å²) in [6, 6.07) is 0. The smallest absolute Gasteiger partial charge is 0.135 e. The first-order chi connectivity index (χ1) is 15.9. The van der Waals surface area contributed by atoms with Crippen molar-refractivity contribution in [2.24, 2.45) is 41.4 Å². The molecule has 0 amide bonds. The van der Waals surface area contributed by atoms with Gasteiger partial charge >= 0.3 is 0 Å². The minimum absolute atomic E-state index is 0.310. The van der Waals surface area contributed by atoms with Crippen LogP contribution in [0, 0.1) is 41.4 Å². The highest BCUT2D eigenvalue weighted by molar-refractivity contribution is 5.82. The molecule has 0 spiro atoms. The Morgan fingerprint density at radius 3 is 2.12 bits per heavy atom. The molecule has 182 valence electrons. The summed E-state index contributed by atoms with van der Waals surface area (Å²) in [5.41, 5.74) is 2.54. The first kappa shape index (κ1) is 24.7. The van der Waals surface area contributed by atoms with E-state index in [1.807, 2.05) is 0 Å². The lowest BCUT2D eigenvalue weighted by atomic mass is 9.65. The molecule has 1 N–H and O–H groups in total. The number of allylic oxidation sites excluding steroid dienone is 6. The summed E-state index contributed by atoms with van der Waals surface area (Å²) in [6.07, 6.45) is 26.2. The second kappa shape index (κ2) is 11.3. The average Bonchev–Trinajstić information content (AvgIpc) is 3.21. The lowest BCUT2D eigenvalue weighted by molar-refractivity contribution is -0.120. The molecule has 2 nitrogen and oxygen atoms in total. The van der Waals surface area contributed by atoms with E-state index in [1.165, 1.54) is 31.3 Å². The Balaban J connectivity index is 1.20. The molecular weight excluding hydrogens is 404 g/mol. The maximum Gasteiger partial charge on any atom is 0.135 e. The first-order valence-corrected chi connectivity index (χ1v) is 13.9. The zero-order valence-corrected chi connectivity index (χ0v) is 21.2. The Morgan fingerprint density at radius 2 is 1.55 bits per heavy atom. The van der Waals surface area contributed by atoms with E-state index in [1.54, 1.807) is 0 Å². The molecule has 0 aromatic rings. The number of aliphatic hydroxyl groups is 1. The molecule has 2 fully saturated rings. The fourth-order valence-corrected chi connectivity index (χ4v) is 7.29. The average molecular weight is 451 g/mol. The molecule has 4 rings (SSSR count). The summed E-state index contributed by atoms with van der Waals surface area (Å²) in [5.74, 6) is 4.94. The van der Waals surface area contributed by atoms with Crippen molar-refractivity contribution in [3.05, 3.63) is 47.6 Å². The van der Waals surface area contributed by atoms with Crippen LogP contribution in [0.5, 0.6) is 0 Å². The number of hydrogen-bond acceptors (Lipinski definition) is 2. The van der Waals surface area contributed by atoms with Gasteiger partial charge in [-0.1, -0.05) is 68.7 Å². The minimum Gasteiger partial charge on any atom is -0.388 e. The van der Waals surface area contributed by atoms with Crippen LogP contribution in [-0.2, 0) is 4.79 Å². The number of hydrogen-bond donors (Lipinski definition) is 1. The molecule has 4 aliphatic carbocycles. The molecule has 33 heavy (non-hydrogen) atoms. The van der Waals surface area contributed by atoms with Crippen LogP contribution in [0.2, 0.25) is 0 Å². The topological polar surface area (TPSA) is 37.3 Å². The normalized spacial score (nSPS) is 37.7. The number of unbranched alkanes of at least 4 members (excludes halogenated alkanes) is 1. The molecule has 0 aromatic carbocycles. The number of carbonyl (C=O) groups is 1. The third kappa shape index (κ3) is 6.18. The zero-order chi connectivity index (χ0) is 23.4. The van der Waals surface area contributed by atoms with Gasteiger partial charge in [0.15, 0.2) is 0 Å². The molecule has 2 heteroatoms. The number of rotatable bonds is 8. The standard InChI is InChI=1S/C31H46O2/c1-21-11-17-28(22(2)19-21)24-12-14-25(15-13-24)29-18-16-27(20-23(29)3)31(33)9-5-4-7-26-8-6-10-30(26)32/h11,16-20,22-26,28-29,31,33H,4-10,12-15H2,1-3H3. The van der Waals surface area contributed by atoms with Gasteiger partial charge in [0.05, 0.1) is 6.10 Å². The summed E-state index contributed by atoms with van der Waals surface area (Å²) >= 11 is 0. The fourth-order valence-electron chi connectivity index (χ4n) is 7.29. The molecule has 0 aliphatic heterocycles. The van der Waals surface area contributed by atoms with Gasteiger partial charge < -0.3 is 5.11 Å². The highest BCUT2D eigenvalue weighted by Gasteiger charge is 2.34. The van der Waals surface area contributed by atoms with Gasteiger partial charge in [-0.25, -0.2) is 0 Å². The van der Waals surface area contributed by atoms with E-state index in [0.717, 1.165) is 68.3 Å². The fraction of sp³-hybridized carbons (Fsp3) is 0.710. The lowest BCUT2D eigenvalue weighted by Gasteiger charge is -2.40. The van der Waals surface area contributed by atoms with Crippen molar-refractivity contribution in [2.45, 2.75) is 97.5 Å². The highest BCUT2D eigenvalue weighted by atomic mass is 16.3. The summed E-state index contributed by atoms with van der Waals surface area (Å²) < 4.78 is 0. The van der Waals surface area contributed by atoms with Crippen LogP contribution >= 0.6 is 0 Å². The molecule has 4 aliphatic rings. The van der Waals surface area contributed by atoms with Gasteiger partial charge in [0.2, 0.25) is 0 Å². The molecule has 6 atom stereocenters. The van der Waals surface area contributed by atoms with E-state index in [9.17, 15) is 9.90 Å². The van der Waals surface area contributed by atoms with Crippen LogP contribution in [0.1, 0.15) is 91.4 Å². The Hall–Kier alpha value is -1.41. The zero-order valence-electron chi connectivity index (χ0n) is 21.2. The van der Waals surface area contributed by atoms with Gasteiger partial charge in [0, 0.05) is 12.3 Å². The second-order valence-corrected chi connectivity index (χ2v) is 11.7. The SMILES string of the molecule is CC1=CC(C)C(C2CCC(C3C=CC(C(O)CCCCC4CCCC4=O)=CC3C)CC2)C=C1. The van der Waals surface area contributed by atoms with Crippen LogP contribution in [0.15, 0.2) is 47.6 Å². The molecule has 0 aromatic heterocycles. The maximum atomic E-state index is 11.8. The summed E-state index contributed by atoms with van der Waals surface area (Å²) in [7, 11) is 0. The number of carbonyl (C=O) groups excluding carboxylic acids is 1. The largest absolute Gasteiger partial charge is 0.388 e. The highest BCUT2D eigenvalue weighted by Crippen LogP contribution is 2.44. The van der Waals surface area contributed by atoms with Gasteiger partial charge in [-0.3, -0.25) is 4.79 Å². The van der Waals surface area contributed by atoms with Gasteiger partial charge in [0.25, 0.3) is 0 Å². The van der Waals surface area contributed by atoms with Crippen molar-refractivity contribution < 1.29 is 9.90 Å². The van der Waals surface area contributed by atoms with Gasteiger partial charge in [0.1, 0.15) is 5.78 Å². The van der Waals surface area contributed by atoms with E-state index < -0.39 is 0 Å². The third-order valence-electron chi connectivity index (χ3n) is 9.29. The Bertz CT molecular complexity index is 792. The molecule has 0 heterocycles. The molecular formula is C31H46O2. The predicted molar refractivity (Wildman–Crippen MR) is 138 cm³/mol. The molecule has 0 saturated heterocycles. The van der Waals surface area contributed by atoms with Crippen molar-refractivity contribution in [3.63, 3.8) is 0 Å². The molecule has 0 radical (unpaired) electrons. The molecule has 6 unspecified atom stereocenters. The van der Waals surface area contributed by atoms with Crippen molar-refractivity contribution in [3.8, 4) is 0 Å². The van der Waals surface area contributed by atoms with Crippen LogP contribution in [0.4, 0.5) is 0 Å². The molecule has 0 bridgehead atoms. The summed E-state index contributed by atoms with van der Waals surface area (Å²) in [4.78, 5) is 11.8. The van der Waals surface area contributed by atoms with E-state index >= 15 is 0 Å². The van der Waals surface area contributed by atoms with Crippen molar-refractivity contribution in [1.82, 2.24) is 0 Å². The maximum absolute atomic E-state index is 11.8. The van der Waals surface area contributed by atoms with E-state index in [-0.39, 0.29) is 6.10 Å². The van der Waals surface area contributed by atoms with Crippen LogP contribution in [0.3, 0.4) is 0 Å². The van der Waals surface area contributed by atoms with E-state index in [4.69, 9.17) is 0 Å². The Morgan fingerprint density at radius 1 is 0.909 bits per heavy atom. The van der Waals surface area contributed by atoms with Crippen LogP contribution in [0.25, 0.3) is 0 Å². The number of Topliss-reactive ketones (excluding diaryl/α,β-unsaturated/α-hetero) is 1. The van der Waals surface area contributed by atoms with E-state index in [0.29, 0.717) is 29.5 Å². The number of ketones is 1. The predicted octanol–water partition coefficient (Wildman–Crippen LogP) is 7.60. The van der Waals surface area contributed by atoms with Gasteiger partial charge in [-0.05, 0) is 99.4 Å². The third-order valence-corrected chi connectivity index (χ3v) is 9.29. The van der Waals surface area contributed by atoms with Crippen molar-refractivity contribution >= 4 is 5.78 Å². The van der Waals surface area contributed by atoms with Gasteiger partial charge in [-0.2, -0.15) is 0 Å². The minimum atomic E-state index is -0.351. The van der Waals surface area contributed by atoms with Crippen molar-refractivity contribution in [2.75, 3.05) is 0 Å². The number of aliphatic hydroxyl groups excluding tert-OH is 1.